The van der Waals surface area contributed by atoms with E-state index in [0.29, 0.717) is 11.3 Å². The van der Waals surface area contributed by atoms with E-state index in [0.717, 1.165) is 27.5 Å². The summed E-state index contributed by atoms with van der Waals surface area (Å²) in [5.41, 5.74) is 2.70. The molecule has 1 aliphatic rings. The van der Waals surface area contributed by atoms with Gasteiger partial charge in [0.15, 0.2) is 5.17 Å². The molecule has 5 heteroatoms. The number of nitrogens with zero attached hydrogens (tertiary/aromatic N) is 2. The van der Waals surface area contributed by atoms with Gasteiger partial charge in [0.05, 0.1) is 5.69 Å². The van der Waals surface area contributed by atoms with Crippen LogP contribution in [0.1, 0.15) is 52.0 Å². The zero-order valence-electron chi connectivity index (χ0n) is 15.3. The molecule has 1 aliphatic heterocycles. The molecular weight excluding hydrogens is 352 g/mol. The predicted octanol–water partition coefficient (Wildman–Crippen LogP) is 6.30. The van der Waals surface area contributed by atoms with Gasteiger partial charge in [0, 0.05) is 12.3 Å². The largest absolute Gasteiger partial charge is 0.306 e. The number of thiocarbonyl (C=S) groups is 1. The Kier molecular flexibility index (Phi) is 7.20. The van der Waals surface area contributed by atoms with Crippen LogP contribution < -0.4 is 0 Å². The summed E-state index contributed by atoms with van der Waals surface area (Å²) in [6.07, 6.45) is 4.42. The maximum absolute atomic E-state index is 5.65. The van der Waals surface area contributed by atoms with Gasteiger partial charge in [-0.25, -0.2) is 4.99 Å². The van der Waals surface area contributed by atoms with Gasteiger partial charge >= 0.3 is 0 Å². The zero-order valence-corrected chi connectivity index (χ0v) is 17.8. The molecule has 0 saturated carbocycles. The van der Waals surface area contributed by atoms with Crippen LogP contribution in [0.15, 0.2) is 29.3 Å². The van der Waals surface area contributed by atoms with Gasteiger partial charge in [0.1, 0.15) is 4.32 Å². The molecule has 0 bridgehead atoms. The second kappa shape index (κ2) is 8.72. The summed E-state index contributed by atoms with van der Waals surface area (Å²) in [6, 6.07) is 8.46. The van der Waals surface area contributed by atoms with E-state index in [4.69, 9.17) is 17.2 Å². The van der Waals surface area contributed by atoms with Gasteiger partial charge in [0.2, 0.25) is 0 Å². The summed E-state index contributed by atoms with van der Waals surface area (Å²) in [4.78, 5) is 7.29. The lowest BCUT2D eigenvalue weighted by molar-refractivity contribution is 0.260. The number of rotatable bonds is 4. The SMILES string of the molecule is CCC1(CC)CSC(=Nc2ccccc2C(C)C)N(C(=S)SC)C1. The van der Waals surface area contributed by atoms with Crippen molar-refractivity contribution in [1.29, 1.82) is 0 Å². The van der Waals surface area contributed by atoms with Crippen molar-refractivity contribution in [3.63, 3.8) is 0 Å². The summed E-state index contributed by atoms with van der Waals surface area (Å²) in [7, 11) is 0. The van der Waals surface area contributed by atoms with E-state index in [9.17, 15) is 0 Å². The van der Waals surface area contributed by atoms with Crippen molar-refractivity contribution in [2.24, 2.45) is 10.4 Å². The molecule has 1 saturated heterocycles. The number of benzene rings is 1. The highest BCUT2D eigenvalue weighted by molar-refractivity contribution is 8.23. The monoisotopic (exact) mass is 380 g/mol. The normalized spacial score (nSPS) is 19.1. The Balaban J connectivity index is 2.39. The topological polar surface area (TPSA) is 15.6 Å². The third kappa shape index (κ3) is 4.36. The fourth-order valence-corrected chi connectivity index (χ4v) is 5.00. The average molecular weight is 381 g/mol. The van der Waals surface area contributed by atoms with E-state index in [-0.39, 0.29) is 0 Å². The molecule has 0 N–H and O–H groups in total. The van der Waals surface area contributed by atoms with Crippen LogP contribution in [0.5, 0.6) is 0 Å². The summed E-state index contributed by atoms with van der Waals surface area (Å²) in [5.74, 6) is 1.58. The minimum absolute atomic E-state index is 0.334. The van der Waals surface area contributed by atoms with Crippen molar-refractivity contribution in [3.05, 3.63) is 29.8 Å². The van der Waals surface area contributed by atoms with Crippen LogP contribution in [0.4, 0.5) is 5.69 Å². The van der Waals surface area contributed by atoms with E-state index in [1.165, 1.54) is 18.4 Å². The molecule has 2 rings (SSSR count). The predicted molar refractivity (Wildman–Crippen MR) is 116 cm³/mol. The van der Waals surface area contributed by atoms with Crippen molar-refractivity contribution < 1.29 is 0 Å². The van der Waals surface area contributed by atoms with Crippen molar-refractivity contribution in [2.45, 2.75) is 46.5 Å². The van der Waals surface area contributed by atoms with Gasteiger partial charge in [-0.05, 0) is 42.1 Å². The fraction of sp³-hybridized carbons (Fsp3) is 0.579. The summed E-state index contributed by atoms with van der Waals surface area (Å²) >= 11 is 9.15. The van der Waals surface area contributed by atoms with E-state index in [2.05, 4.69) is 63.1 Å². The zero-order chi connectivity index (χ0) is 17.7. The van der Waals surface area contributed by atoms with Gasteiger partial charge in [-0.2, -0.15) is 0 Å². The molecule has 0 atom stereocenters. The van der Waals surface area contributed by atoms with E-state index in [1.807, 2.05) is 11.8 Å². The highest BCUT2D eigenvalue weighted by atomic mass is 32.2. The van der Waals surface area contributed by atoms with Gasteiger partial charge < -0.3 is 4.90 Å². The Labute approximate surface area is 160 Å². The molecule has 0 spiro atoms. The molecule has 1 fully saturated rings. The molecule has 2 nitrogen and oxygen atoms in total. The second-order valence-electron chi connectivity index (χ2n) is 6.66. The number of thioether (sulfide) groups is 2. The molecule has 0 unspecified atom stereocenters. The maximum atomic E-state index is 5.65. The third-order valence-electron chi connectivity index (χ3n) is 4.90. The van der Waals surface area contributed by atoms with Gasteiger partial charge in [0.25, 0.3) is 0 Å². The molecule has 0 radical (unpaired) electrons. The molecule has 1 heterocycles. The van der Waals surface area contributed by atoms with Crippen molar-refractivity contribution >= 4 is 50.9 Å². The second-order valence-corrected chi connectivity index (χ2v) is 9.04. The smallest absolute Gasteiger partial charge is 0.169 e. The van der Waals surface area contributed by atoms with Crippen LogP contribution >= 0.6 is 35.7 Å². The fourth-order valence-electron chi connectivity index (χ4n) is 2.95. The standard InChI is InChI=1S/C19H28N2S3/c1-6-19(7-2)12-21(18(22)23-5)17(24-13-19)20-16-11-9-8-10-15(16)14(3)4/h8-11,14H,6-7,12-13H2,1-5H3. The summed E-state index contributed by atoms with van der Waals surface area (Å²) < 4.78 is 0.925. The number of amidine groups is 1. The van der Waals surface area contributed by atoms with Gasteiger partial charge in [-0.1, -0.05) is 81.6 Å². The van der Waals surface area contributed by atoms with E-state index >= 15 is 0 Å². The average Bonchev–Trinajstić information content (AvgIpc) is 2.62. The molecule has 1 aromatic rings. The lowest BCUT2D eigenvalue weighted by Gasteiger charge is -2.42. The molecule has 0 aliphatic carbocycles. The number of aliphatic imine (C=N–C) groups is 1. The highest BCUT2D eigenvalue weighted by Crippen LogP contribution is 2.40. The molecule has 1 aromatic carbocycles. The minimum atomic E-state index is 0.334. The first kappa shape index (κ1) is 19.8. The van der Waals surface area contributed by atoms with Crippen LogP contribution in [0.3, 0.4) is 0 Å². The Morgan fingerprint density at radius 3 is 2.58 bits per heavy atom. The van der Waals surface area contributed by atoms with Gasteiger partial charge in [-0.3, -0.25) is 0 Å². The van der Waals surface area contributed by atoms with Crippen LogP contribution in [-0.4, -0.2) is 32.9 Å². The van der Waals surface area contributed by atoms with Crippen LogP contribution in [-0.2, 0) is 0 Å². The molecule has 0 amide bonds. The van der Waals surface area contributed by atoms with Crippen molar-refractivity contribution in [2.75, 3.05) is 18.6 Å². The Morgan fingerprint density at radius 2 is 2.00 bits per heavy atom. The Hall–Kier alpha value is -0.520. The van der Waals surface area contributed by atoms with Crippen LogP contribution in [0.25, 0.3) is 0 Å². The lowest BCUT2D eigenvalue weighted by atomic mass is 9.84. The number of para-hydroxylation sites is 1. The maximum Gasteiger partial charge on any atom is 0.169 e. The quantitative estimate of drug-likeness (QED) is 0.569. The van der Waals surface area contributed by atoms with E-state index in [1.54, 1.807) is 11.8 Å². The number of hydrogen-bond donors (Lipinski definition) is 0. The molecular formula is C19H28N2S3. The van der Waals surface area contributed by atoms with Crippen LogP contribution in [0.2, 0.25) is 0 Å². The lowest BCUT2D eigenvalue weighted by Crippen LogP contribution is -2.47. The van der Waals surface area contributed by atoms with Crippen LogP contribution in [0, 0.1) is 5.41 Å². The van der Waals surface area contributed by atoms with E-state index < -0.39 is 0 Å². The first-order chi connectivity index (χ1) is 11.5. The molecule has 0 aromatic heterocycles. The van der Waals surface area contributed by atoms with Gasteiger partial charge in [-0.15, -0.1) is 0 Å². The Morgan fingerprint density at radius 1 is 1.33 bits per heavy atom. The summed E-state index contributed by atoms with van der Waals surface area (Å²) in [6.45, 7) is 10.0. The van der Waals surface area contributed by atoms with Crippen molar-refractivity contribution in [1.82, 2.24) is 4.90 Å². The first-order valence-electron chi connectivity index (χ1n) is 8.62. The first-order valence-corrected chi connectivity index (χ1v) is 11.2. The third-order valence-corrected chi connectivity index (χ3v) is 7.52. The van der Waals surface area contributed by atoms with Crippen molar-refractivity contribution in [3.8, 4) is 0 Å². The molecule has 24 heavy (non-hydrogen) atoms. The summed E-state index contributed by atoms with van der Waals surface area (Å²) in [5, 5.41) is 1.06. The highest BCUT2D eigenvalue weighted by Gasteiger charge is 2.37. The Bertz CT molecular complexity index is 606. The minimum Gasteiger partial charge on any atom is -0.306 e. The number of hydrogen-bond acceptors (Lipinski definition) is 4. The molecule has 132 valence electrons.